The average molecular weight is 554 g/mol. The monoisotopic (exact) mass is 553 g/mol. The van der Waals surface area contributed by atoms with Gasteiger partial charge in [-0.15, -0.1) is 0 Å². The van der Waals surface area contributed by atoms with Crippen molar-refractivity contribution >= 4 is 0 Å². The van der Waals surface area contributed by atoms with E-state index < -0.39 is 0 Å². The Hall–Kier alpha value is -1.69. The number of nitriles is 1. The Kier molecular flexibility index (Phi) is 10.9. The second-order valence-electron chi connectivity index (χ2n) is 13.6. The standard InChI is InChI=1S/C33H51N3O4/c1-23(8-6-16-37)26-9-10-27-31-28(22-30(33(26,27)3)40-19-15-36-5)32(2)12-11-25(38-18-14-35-4)20-24(32)21-29(31)39-17-7-13-34/h23-31,37H,6-12,14-22H2,1-3H3/t23-,24+,25-,26-,27+,28+,29-,30+,31+,32+,33-/m1/s1. The van der Waals surface area contributed by atoms with Crippen LogP contribution in [-0.4, -0.2) is 62.9 Å². The normalized spacial score (nSPS) is 41.0. The quantitative estimate of drug-likeness (QED) is 0.218. The highest BCUT2D eigenvalue weighted by molar-refractivity contribution is 5.15. The van der Waals surface area contributed by atoms with E-state index in [9.17, 15) is 10.4 Å². The molecule has 4 fully saturated rings. The first kappa shape index (κ1) is 31.3. The van der Waals surface area contributed by atoms with Gasteiger partial charge in [0.2, 0.25) is 13.1 Å². The molecule has 222 valence electrons. The largest absolute Gasteiger partial charge is 0.396 e. The molecule has 7 heteroatoms. The first-order valence-corrected chi connectivity index (χ1v) is 15.8. The second kappa shape index (κ2) is 14.0. The third-order valence-corrected chi connectivity index (χ3v) is 11.9. The van der Waals surface area contributed by atoms with Crippen molar-refractivity contribution in [3.05, 3.63) is 22.8 Å². The van der Waals surface area contributed by atoms with E-state index >= 15 is 0 Å². The van der Waals surface area contributed by atoms with E-state index in [1.54, 1.807) is 0 Å². The molecular formula is C33H51N3O4. The summed E-state index contributed by atoms with van der Waals surface area (Å²) in [5.74, 6) is 2.94. The molecule has 0 heterocycles. The number of hydrogen-bond acceptors (Lipinski definition) is 5. The van der Waals surface area contributed by atoms with Gasteiger partial charge in [-0.2, -0.15) is 5.26 Å². The smallest absolute Gasteiger partial charge is 0.237 e. The molecule has 0 aromatic heterocycles. The Morgan fingerprint density at radius 2 is 1.73 bits per heavy atom. The lowest BCUT2D eigenvalue weighted by Crippen LogP contribution is -2.63. The van der Waals surface area contributed by atoms with E-state index in [1.807, 2.05) is 0 Å². The molecule has 0 aliphatic heterocycles. The van der Waals surface area contributed by atoms with Gasteiger partial charge in [-0.05, 0) is 98.7 Å². The lowest BCUT2D eigenvalue weighted by molar-refractivity contribution is -0.226. The van der Waals surface area contributed by atoms with Crippen molar-refractivity contribution in [3.63, 3.8) is 0 Å². The molecule has 7 nitrogen and oxygen atoms in total. The van der Waals surface area contributed by atoms with Crippen molar-refractivity contribution in [3.8, 4) is 6.07 Å². The Bertz CT molecular complexity index is 955. The maximum Gasteiger partial charge on any atom is 0.237 e. The fraction of sp³-hybridized carbons (Fsp3) is 0.909. The Morgan fingerprint density at radius 1 is 0.975 bits per heavy atom. The Labute approximate surface area is 242 Å². The van der Waals surface area contributed by atoms with Gasteiger partial charge in [-0.25, -0.2) is 13.1 Å². The lowest BCUT2D eigenvalue weighted by Gasteiger charge is -2.64. The summed E-state index contributed by atoms with van der Waals surface area (Å²) in [7, 11) is 0. The van der Waals surface area contributed by atoms with Crippen molar-refractivity contribution < 1.29 is 19.3 Å². The van der Waals surface area contributed by atoms with Gasteiger partial charge in [0.1, 0.15) is 13.2 Å². The minimum Gasteiger partial charge on any atom is -0.396 e. The van der Waals surface area contributed by atoms with E-state index in [0.717, 1.165) is 44.9 Å². The number of aliphatic hydroxyl groups excluding tert-OH is 1. The first-order valence-electron chi connectivity index (χ1n) is 15.8. The van der Waals surface area contributed by atoms with Gasteiger partial charge in [0.15, 0.2) is 0 Å². The number of hydrogen-bond donors (Lipinski definition) is 1. The van der Waals surface area contributed by atoms with Gasteiger partial charge in [0.05, 0.1) is 37.4 Å². The topological polar surface area (TPSA) is 80.4 Å². The van der Waals surface area contributed by atoms with E-state index in [1.165, 1.54) is 12.8 Å². The van der Waals surface area contributed by atoms with E-state index in [2.05, 4.69) is 36.5 Å². The number of nitrogens with zero attached hydrogens (tertiary/aromatic N) is 3. The van der Waals surface area contributed by atoms with Gasteiger partial charge >= 0.3 is 0 Å². The zero-order valence-electron chi connectivity index (χ0n) is 25.0. The van der Waals surface area contributed by atoms with E-state index in [-0.39, 0.29) is 35.7 Å². The fourth-order valence-electron chi connectivity index (χ4n) is 10.0. The third-order valence-electron chi connectivity index (χ3n) is 11.9. The summed E-state index contributed by atoms with van der Waals surface area (Å²) in [5, 5.41) is 18.8. The molecule has 4 aliphatic rings. The predicted octanol–water partition coefficient (Wildman–Crippen LogP) is 6.18. The molecule has 4 rings (SSSR count). The summed E-state index contributed by atoms with van der Waals surface area (Å²) >= 11 is 0. The fourth-order valence-corrected chi connectivity index (χ4v) is 10.0. The summed E-state index contributed by atoms with van der Waals surface area (Å²) in [5.41, 5.74) is 0.195. The zero-order chi connectivity index (χ0) is 28.8. The summed E-state index contributed by atoms with van der Waals surface area (Å²) in [4.78, 5) is 7.06. The van der Waals surface area contributed by atoms with Crippen molar-refractivity contribution in [2.45, 2.75) is 103 Å². The molecule has 11 atom stereocenters. The highest BCUT2D eigenvalue weighted by Gasteiger charge is 2.66. The van der Waals surface area contributed by atoms with Crippen molar-refractivity contribution in [1.82, 2.24) is 0 Å². The SMILES string of the molecule is [C-]#[N+]CCO[C@@H]1CC[C@@]2(C)[C@@H](C1)C[C@@H](OCCC#N)[C@@H]1[C@@H]2C[C@H](OCC[N+]#[C-])[C@]2(C)[C@@H]([C@H](C)CCCO)CC[C@@H]12. The van der Waals surface area contributed by atoms with Crippen LogP contribution in [0.4, 0.5) is 0 Å². The summed E-state index contributed by atoms with van der Waals surface area (Å²) in [6.07, 6.45) is 10.3. The predicted molar refractivity (Wildman–Crippen MR) is 154 cm³/mol. The van der Waals surface area contributed by atoms with Crippen LogP contribution in [0.15, 0.2) is 0 Å². The summed E-state index contributed by atoms with van der Waals surface area (Å²) in [6, 6.07) is 2.28. The van der Waals surface area contributed by atoms with Gasteiger partial charge < -0.3 is 29.0 Å². The molecule has 4 saturated carbocycles. The molecule has 0 spiro atoms. The third kappa shape index (κ3) is 6.08. The molecule has 0 aromatic rings. The van der Waals surface area contributed by atoms with Crippen LogP contribution in [0.2, 0.25) is 0 Å². The van der Waals surface area contributed by atoms with Crippen molar-refractivity contribution in [1.29, 1.82) is 5.26 Å². The minimum absolute atomic E-state index is 0.0121. The zero-order valence-corrected chi connectivity index (χ0v) is 25.0. The van der Waals surface area contributed by atoms with E-state index in [0.29, 0.717) is 74.8 Å². The Morgan fingerprint density at radius 3 is 2.42 bits per heavy atom. The van der Waals surface area contributed by atoms with Gasteiger partial charge in [-0.1, -0.05) is 20.8 Å². The van der Waals surface area contributed by atoms with Gasteiger partial charge in [0, 0.05) is 12.0 Å². The van der Waals surface area contributed by atoms with Crippen molar-refractivity contribution in [2.75, 3.05) is 39.5 Å². The molecule has 0 bridgehead atoms. The van der Waals surface area contributed by atoms with E-state index in [4.69, 9.17) is 27.4 Å². The molecule has 4 aliphatic carbocycles. The van der Waals surface area contributed by atoms with Crippen LogP contribution >= 0.6 is 0 Å². The molecule has 0 amide bonds. The van der Waals surface area contributed by atoms with Crippen LogP contribution in [0, 0.1) is 70.8 Å². The van der Waals surface area contributed by atoms with Gasteiger partial charge in [-0.3, -0.25) is 0 Å². The Balaban J connectivity index is 1.66. The average Bonchev–Trinajstić information content (AvgIpc) is 3.31. The number of fused-ring (bicyclic) bond motifs is 5. The highest BCUT2D eigenvalue weighted by atomic mass is 16.5. The maximum absolute atomic E-state index is 9.55. The molecule has 0 radical (unpaired) electrons. The highest BCUT2D eigenvalue weighted by Crippen LogP contribution is 2.69. The number of rotatable bonds is 13. The van der Waals surface area contributed by atoms with Gasteiger partial charge in [0.25, 0.3) is 0 Å². The van der Waals surface area contributed by atoms with Crippen LogP contribution in [-0.2, 0) is 14.2 Å². The molecule has 1 N–H and O–H groups in total. The second-order valence-corrected chi connectivity index (χ2v) is 13.6. The summed E-state index contributed by atoms with van der Waals surface area (Å²) < 4.78 is 19.5. The first-order chi connectivity index (χ1) is 19.3. The molecule has 0 saturated heterocycles. The summed E-state index contributed by atoms with van der Waals surface area (Å²) in [6.45, 7) is 24.4. The maximum atomic E-state index is 9.55. The lowest BCUT2D eigenvalue weighted by atomic mass is 9.43. The number of aliphatic hydroxyl groups is 1. The number of ether oxygens (including phenoxy) is 3. The van der Waals surface area contributed by atoms with Crippen LogP contribution in [0.5, 0.6) is 0 Å². The molecule has 40 heavy (non-hydrogen) atoms. The van der Waals surface area contributed by atoms with Crippen molar-refractivity contribution in [2.24, 2.45) is 46.3 Å². The molecular weight excluding hydrogens is 502 g/mol. The molecule has 0 aromatic carbocycles. The minimum atomic E-state index is 0.0121. The van der Waals surface area contributed by atoms with Crippen LogP contribution < -0.4 is 0 Å². The van der Waals surface area contributed by atoms with Crippen LogP contribution in [0.25, 0.3) is 9.69 Å². The van der Waals surface area contributed by atoms with Crippen LogP contribution in [0.1, 0.15) is 85.0 Å². The van der Waals surface area contributed by atoms with Crippen LogP contribution in [0.3, 0.4) is 0 Å². The molecule has 0 unspecified atom stereocenters.